The van der Waals surface area contributed by atoms with E-state index >= 15 is 0 Å². The molecule has 8 heteroatoms. The zero-order chi connectivity index (χ0) is 17.6. The molecule has 1 N–H and O–H groups in total. The van der Waals surface area contributed by atoms with E-state index in [-0.39, 0.29) is 24.5 Å². The molecule has 0 spiro atoms. The number of aromatic nitrogens is 1. The molecule has 1 atom stereocenters. The summed E-state index contributed by atoms with van der Waals surface area (Å²) in [7, 11) is 0. The Hall–Kier alpha value is -2.38. The van der Waals surface area contributed by atoms with Crippen molar-refractivity contribution >= 4 is 29.2 Å². The van der Waals surface area contributed by atoms with Gasteiger partial charge in [0, 0.05) is 29.8 Å². The van der Waals surface area contributed by atoms with Crippen LogP contribution < -0.4 is 5.32 Å². The van der Waals surface area contributed by atoms with Gasteiger partial charge in [-0.1, -0.05) is 22.8 Å². The summed E-state index contributed by atoms with van der Waals surface area (Å²) in [5, 5.41) is 6.69. The third-order valence-electron chi connectivity index (χ3n) is 3.85. The van der Waals surface area contributed by atoms with Crippen molar-refractivity contribution in [1.29, 1.82) is 0 Å². The van der Waals surface area contributed by atoms with Gasteiger partial charge < -0.3 is 19.5 Å². The van der Waals surface area contributed by atoms with Crippen molar-refractivity contribution in [3.63, 3.8) is 0 Å². The molecule has 1 aromatic heterocycles. The van der Waals surface area contributed by atoms with Gasteiger partial charge in [0.25, 0.3) is 5.91 Å². The van der Waals surface area contributed by atoms with E-state index in [2.05, 4.69) is 15.0 Å². The first-order chi connectivity index (χ1) is 12.1. The van der Waals surface area contributed by atoms with E-state index in [0.29, 0.717) is 29.6 Å². The summed E-state index contributed by atoms with van der Waals surface area (Å²) in [6.07, 6.45) is 3.11. The monoisotopic (exact) mass is 363 g/mol. The van der Waals surface area contributed by atoms with Gasteiger partial charge in [-0.25, -0.2) is 0 Å². The van der Waals surface area contributed by atoms with Crippen LogP contribution in [0.25, 0.3) is 0 Å². The number of hydrogen-bond donors (Lipinski definition) is 1. The Labute approximate surface area is 149 Å². The fourth-order valence-corrected chi connectivity index (χ4v) is 2.88. The van der Waals surface area contributed by atoms with Crippen molar-refractivity contribution < 1.29 is 18.8 Å². The molecule has 0 aliphatic carbocycles. The molecule has 2 heterocycles. The van der Waals surface area contributed by atoms with Crippen LogP contribution in [0.3, 0.4) is 0 Å². The van der Waals surface area contributed by atoms with Crippen molar-refractivity contribution in [2.45, 2.75) is 18.9 Å². The average molecular weight is 364 g/mol. The van der Waals surface area contributed by atoms with Crippen molar-refractivity contribution in [1.82, 2.24) is 10.1 Å². The van der Waals surface area contributed by atoms with E-state index in [9.17, 15) is 9.59 Å². The highest BCUT2D eigenvalue weighted by molar-refractivity contribution is 6.31. The molecule has 1 aliphatic rings. The zero-order valence-corrected chi connectivity index (χ0v) is 14.2. The summed E-state index contributed by atoms with van der Waals surface area (Å²) >= 11 is 5.97. The number of ether oxygens (including phenoxy) is 1. The summed E-state index contributed by atoms with van der Waals surface area (Å²) in [6.45, 7) is 0.907. The normalized spacial score (nSPS) is 16.6. The molecule has 7 nitrogen and oxygen atoms in total. The maximum Gasteiger partial charge on any atom is 0.254 e. The Balaban J connectivity index is 1.71. The SMILES string of the molecule is O=C(CN(C[C@@H]1CCCO1)C(=O)c1cccc(Cl)c1)Nc1ccon1. The van der Waals surface area contributed by atoms with Gasteiger partial charge in [0.15, 0.2) is 5.82 Å². The standard InChI is InChI=1S/C17H18ClN3O4/c18-13-4-1-3-12(9-13)17(23)21(10-14-5-2-7-24-14)11-16(22)19-15-6-8-25-20-15/h1,3-4,6,8-9,14H,2,5,7,10-11H2,(H,19,20,22)/t14-/m0/s1. The number of carbonyl (C=O) groups excluding carboxylic acids is 2. The van der Waals surface area contributed by atoms with Crippen molar-refractivity contribution in [3.8, 4) is 0 Å². The first-order valence-electron chi connectivity index (χ1n) is 7.98. The number of halogens is 1. The Kier molecular flexibility index (Phi) is 5.67. The van der Waals surface area contributed by atoms with Crippen molar-refractivity contribution in [2.75, 3.05) is 25.0 Å². The van der Waals surface area contributed by atoms with Gasteiger partial charge >= 0.3 is 0 Å². The molecule has 3 rings (SSSR count). The highest BCUT2D eigenvalue weighted by Gasteiger charge is 2.25. The van der Waals surface area contributed by atoms with Crippen molar-refractivity contribution in [3.05, 3.63) is 47.2 Å². The molecule has 1 aromatic carbocycles. The quantitative estimate of drug-likeness (QED) is 0.852. The van der Waals surface area contributed by atoms with Gasteiger partial charge in [0.05, 0.1) is 6.10 Å². The molecule has 0 saturated carbocycles. The number of nitrogens with zero attached hydrogens (tertiary/aromatic N) is 2. The maximum absolute atomic E-state index is 12.8. The summed E-state index contributed by atoms with van der Waals surface area (Å²) in [5.41, 5.74) is 0.430. The molecule has 1 saturated heterocycles. The van der Waals surface area contributed by atoms with Crippen LogP contribution >= 0.6 is 11.6 Å². The molecular weight excluding hydrogens is 346 g/mol. The lowest BCUT2D eigenvalue weighted by molar-refractivity contribution is -0.117. The fraction of sp³-hybridized carbons (Fsp3) is 0.353. The summed E-state index contributed by atoms with van der Waals surface area (Å²) in [5.74, 6) is -0.326. The molecule has 1 aliphatic heterocycles. The molecule has 0 radical (unpaired) electrons. The van der Waals surface area contributed by atoms with Crippen LogP contribution in [0.2, 0.25) is 5.02 Å². The third-order valence-corrected chi connectivity index (χ3v) is 4.08. The minimum Gasteiger partial charge on any atom is -0.376 e. The van der Waals surface area contributed by atoms with Crippen molar-refractivity contribution in [2.24, 2.45) is 0 Å². The van der Waals surface area contributed by atoms with E-state index in [1.54, 1.807) is 24.3 Å². The minimum absolute atomic E-state index is 0.0667. The summed E-state index contributed by atoms with van der Waals surface area (Å²) in [6, 6.07) is 8.19. The number of benzene rings is 1. The average Bonchev–Trinajstić information content (AvgIpc) is 3.27. The Bertz CT molecular complexity index is 729. The van der Waals surface area contributed by atoms with E-state index in [4.69, 9.17) is 16.3 Å². The van der Waals surface area contributed by atoms with Crippen LogP contribution in [-0.4, -0.2) is 47.7 Å². The topological polar surface area (TPSA) is 84.7 Å². The Morgan fingerprint density at radius 2 is 2.24 bits per heavy atom. The van der Waals surface area contributed by atoms with Crippen LogP contribution in [0.4, 0.5) is 5.82 Å². The minimum atomic E-state index is -0.359. The number of hydrogen-bond acceptors (Lipinski definition) is 5. The fourth-order valence-electron chi connectivity index (χ4n) is 2.69. The molecule has 25 heavy (non-hydrogen) atoms. The van der Waals surface area contributed by atoms with Gasteiger partial charge in [-0.2, -0.15) is 0 Å². The lowest BCUT2D eigenvalue weighted by Gasteiger charge is -2.25. The van der Waals surface area contributed by atoms with Gasteiger partial charge in [-0.05, 0) is 31.0 Å². The second-order valence-electron chi connectivity index (χ2n) is 5.76. The predicted molar refractivity (Wildman–Crippen MR) is 91.5 cm³/mol. The lowest BCUT2D eigenvalue weighted by atomic mass is 10.1. The number of nitrogens with one attached hydrogen (secondary N) is 1. The van der Waals surface area contributed by atoms with E-state index in [1.807, 2.05) is 0 Å². The van der Waals surface area contributed by atoms with Gasteiger partial charge in [-0.15, -0.1) is 0 Å². The molecule has 132 valence electrons. The molecule has 2 amide bonds. The maximum atomic E-state index is 12.8. The predicted octanol–water partition coefficient (Wildman–Crippen LogP) is 2.59. The second kappa shape index (κ2) is 8.13. The number of anilines is 1. The summed E-state index contributed by atoms with van der Waals surface area (Å²) < 4.78 is 10.3. The Morgan fingerprint density at radius 1 is 1.36 bits per heavy atom. The molecule has 2 aromatic rings. The van der Waals surface area contributed by atoms with Crippen LogP contribution in [0.5, 0.6) is 0 Å². The van der Waals surface area contributed by atoms with E-state index in [1.165, 1.54) is 17.2 Å². The molecule has 1 fully saturated rings. The van der Waals surface area contributed by atoms with Gasteiger partial charge in [0.1, 0.15) is 12.8 Å². The first-order valence-corrected chi connectivity index (χ1v) is 8.36. The number of rotatable bonds is 6. The third kappa shape index (κ3) is 4.80. The molecule has 0 unspecified atom stereocenters. The first kappa shape index (κ1) is 17.4. The van der Waals surface area contributed by atoms with E-state index in [0.717, 1.165) is 12.8 Å². The van der Waals surface area contributed by atoms with Crippen LogP contribution in [0.1, 0.15) is 23.2 Å². The molecule has 0 bridgehead atoms. The Morgan fingerprint density at radius 3 is 2.92 bits per heavy atom. The van der Waals surface area contributed by atoms with Crippen LogP contribution in [0.15, 0.2) is 41.1 Å². The van der Waals surface area contributed by atoms with Crippen LogP contribution in [0, 0.1) is 0 Å². The highest BCUT2D eigenvalue weighted by Crippen LogP contribution is 2.17. The van der Waals surface area contributed by atoms with Gasteiger partial charge in [-0.3, -0.25) is 9.59 Å². The largest absolute Gasteiger partial charge is 0.376 e. The smallest absolute Gasteiger partial charge is 0.254 e. The lowest BCUT2D eigenvalue weighted by Crippen LogP contribution is -2.42. The second-order valence-corrected chi connectivity index (χ2v) is 6.20. The van der Waals surface area contributed by atoms with Gasteiger partial charge in [0.2, 0.25) is 5.91 Å². The number of amides is 2. The highest BCUT2D eigenvalue weighted by atomic mass is 35.5. The number of carbonyl (C=O) groups is 2. The van der Waals surface area contributed by atoms with E-state index < -0.39 is 0 Å². The summed E-state index contributed by atoms with van der Waals surface area (Å²) in [4.78, 5) is 26.5. The molecular formula is C17H18ClN3O4. The zero-order valence-electron chi connectivity index (χ0n) is 13.5. The van der Waals surface area contributed by atoms with Crippen LogP contribution in [-0.2, 0) is 9.53 Å².